The number of hydrogen-bond donors (Lipinski definition) is 0. The van der Waals surface area contributed by atoms with Gasteiger partial charge in [-0.2, -0.15) is 5.10 Å². The molecule has 0 atom stereocenters. The molecule has 152 valence electrons. The van der Waals surface area contributed by atoms with E-state index < -0.39 is 0 Å². The summed E-state index contributed by atoms with van der Waals surface area (Å²) in [4.78, 5) is 9.54. The Bertz CT molecular complexity index is 1190. The van der Waals surface area contributed by atoms with Crippen molar-refractivity contribution in [2.75, 3.05) is 36.0 Å². The number of aromatic nitrogens is 3. The molecular weight excluding hydrogens is 394 g/mol. The van der Waals surface area contributed by atoms with E-state index in [1.807, 2.05) is 41.2 Å². The lowest BCUT2D eigenvalue weighted by Crippen LogP contribution is -2.47. The predicted octanol–water partition coefficient (Wildman–Crippen LogP) is 4.99. The molecule has 2 aromatic heterocycles. The Morgan fingerprint density at radius 3 is 2.33 bits per heavy atom. The number of halogens is 1. The van der Waals surface area contributed by atoms with Crippen LogP contribution < -0.4 is 9.80 Å². The zero-order chi connectivity index (χ0) is 20.7. The Hall–Kier alpha value is -3.05. The molecule has 2 aromatic carbocycles. The van der Waals surface area contributed by atoms with E-state index in [9.17, 15) is 0 Å². The molecule has 0 aliphatic carbocycles. The second-order valence-electron chi connectivity index (χ2n) is 7.88. The minimum atomic E-state index is 0.728. The smallest absolute Gasteiger partial charge is 0.154 e. The van der Waals surface area contributed by atoms with Crippen LogP contribution in [0.5, 0.6) is 0 Å². The van der Waals surface area contributed by atoms with Crippen LogP contribution in [-0.4, -0.2) is 40.8 Å². The maximum atomic E-state index is 6.03. The Labute approximate surface area is 181 Å². The van der Waals surface area contributed by atoms with Gasteiger partial charge in [-0.05, 0) is 43.7 Å². The maximum absolute atomic E-state index is 6.03. The van der Waals surface area contributed by atoms with Crippen molar-refractivity contribution in [3.05, 3.63) is 77.1 Å². The van der Waals surface area contributed by atoms with Gasteiger partial charge in [0.25, 0.3) is 0 Å². The molecule has 0 saturated carbocycles. The van der Waals surface area contributed by atoms with Gasteiger partial charge >= 0.3 is 0 Å². The average molecular weight is 418 g/mol. The molecule has 4 aromatic rings. The third-order valence-corrected chi connectivity index (χ3v) is 6.03. The van der Waals surface area contributed by atoms with Gasteiger partial charge in [-0.3, -0.25) is 0 Å². The SMILES string of the molecule is Cc1ccc(N2CCN(c3nccn4nc(-c5ccc(Cl)cc5)cc34)CC2)c(C)c1. The Morgan fingerprint density at radius 1 is 0.867 bits per heavy atom. The molecule has 0 spiro atoms. The number of anilines is 2. The van der Waals surface area contributed by atoms with E-state index in [-0.39, 0.29) is 0 Å². The topological polar surface area (TPSA) is 36.7 Å². The summed E-state index contributed by atoms with van der Waals surface area (Å²) >= 11 is 6.03. The van der Waals surface area contributed by atoms with E-state index >= 15 is 0 Å². The minimum Gasteiger partial charge on any atom is -0.368 e. The largest absolute Gasteiger partial charge is 0.368 e. The first kappa shape index (κ1) is 18.9. The number of piperazine rings is 1. The second kappa shape index (κ2) is 7.65. The molecule has 0 N–H and O–H groups in total. The molecular formula is C24H24ClN5. The van der Waals surface area contributed by atoms with Crippen LogP contribution >= 0.6 is 11.6 Å². The number of rotatable bonds is 3. The first-order valence-electron chi connectivity index (χ1n) is 10.3. The summed E-state index contributed by atoms with van der Waals surface area (Å²) in [6.07, 6.45) is 3.74. The highest BCUT2D eigenvalue weighted by atomic mass is 35.5. The lowest BCUT2D eigenvalue weighted by Gasteiger charge is -2.37. The molecule has 5 rings (SSSR count). The van der Waals surface area contributed by atoms with Crippen LogP contribution in [0.1, 0.15) is 11.1 Å². The third-order valence-electron chi connectivity index (χ3n) is 5.78. The van der Waals surface area contributed by atoms with Gasteiger partial charge in [0.05, 0.1) is 5.69 Å². The number of hydrogen-bond acceptors (Lipinski definition) is 4. The van der Waals surface area contributed by atoms with Gasteiger partial charge in [0, 0.05) is 54.8 Å². The Balaban J connectivity index is 1.40. The van der Waals surface area contributed by atoms with Crippen LogP contribution in [0.2, 0.25) is 5.02 Å². The molecule has 0 amide bonds. The molecule has 3 heterocycles. The molecule has 1 aliphatic rings. The number of benzene rings is 2. The quantitative estimate of drug-likeness (QED) is 0.470. The van der Waals surface area contributed by atoms with Crippen molar-refractivity contribution in [3.63, 3.8) is 0 Å². The van der Waals surface area contributed by atoms with Crippen LogP contribution in [0.25, 0.3) is 16.8 Å². The summed E-state index contributed by atoms with van der Waals surface area (Å²) < 4.78 is 1.92. The average Bonchev–Trinajstić information content (AvgIpc) is 3.19. The fourth-order valence-corrected chi connectivity index (χ4v) is 4.36. The number of nitrogens with zero attached hydrogens (tertiary/aromatic N) is 5. The summed E-state index contributed by atoms with van der Waals surface area (Å²) in [5, 5.41) is 5.48. The summed E-state index contributed by atoms with van der Waals surface area (Å²) in [6, 6.07) is 16.6. The van der Waals surface area contributed by atoms with E-state index in [2.05, 4.69) is 47.9 Å². The third kappa shape index (κ3) is 3.50. The molecule has 6 heteroatoms. The summed E-state index contributed by atoms with van der Waals surface area (Å²) in [7, 11) is 0. The zero-order valence-corrected chi connectivity index (χ0v) is 18.0. The first-order chi connectivity index (χ1) is 14.6. The lowest BCUT2D eigenvalue weighted by molar-refractivity contribution is 0.646. The monoisotopic (exact) mass is 417 g/mol. The van der Waals surface area contributed by atoms with Crippen molar-refractivity contribution in [1.82, 2.24) is 14.6 Å². The molecule has 1 fully saturated rings. The van der Waals surface area contributed by atoms with Crippen LogP contribution in [0, 0.1) is 13.8 Å². The van der Waals surface area contributed by atoms with Crippen LogP contribution in [0.4, 0.5) is 11.5 Å². The van der Waals surface area contributed by atoms with Crippen LogP contribution in [0.15, 0.2) is 60.9 Å². The van der Waals surface area contributed by atoms with E-state index in [4.69, 9.17) is 21.7 Å². The summed E-state index contributed by atoms with van der Waals surface area (Å²) in [5.74, 6) is 0.991. The van der Waals surface area contributed by atoms with Gasteiger partial charge < -0.3 is 9.80 Å². The van der Waals surface area contributed by atoms with Crippen molar-refractivity contribution in [3.8, 4) is 11.3 Å². The fraction of sp³-hybridized carbons (Fsp3) is 0.250. The van der Waals surface area contributed by atoms with Gasteiger partial charge in [-0.1, -0.05) is 41.4 Å². The zero-order valence-electron chi connectivity index (χ0n) is 17.2. The van der Waals surface area contributed by atoms with E-state index in [1.165, 1.54) is 16.8 Å². The van der Waals surface area contributed by atoms with Gasteiger partial charge in [0.2, 0.25) is 0 Å². The van der Waals surface area contributed by atoms with E-state index in [0.717, 1.165) is 53.8 Å². The molecule has 0 unspecified atom stereocenters. The van der Waals surface area contributed by atoms with Crippen molar-refractivity contribution in [2.45, 2.75) is 13.8 Å². The predicted molar refractivity (Wildman–Crippen MR) is 124 cm³/mol. The summed E-state index contributed by atoms with van der Waals surface area (Å²) in [5.41, 5.74) is 6.99. The number of aryl methyl sites for hydroxylation is 2. The molecule has 0 bridgehead atoms. The van der Waals surface area contributed by atoms with E-state index in [0.29, 0.717) is 0 Å². The van der Waals surface area contributed by atoms with Crippen molar-refractivity contribution >= 4 is 28.6 Å². The van der Waals surface area contributed by atoms with Gasteiger partial charge in [0.15, 0.2) is 5.82 Å². The van der Waals surface area contributed by atoms with Crippen molar-refractivity contribution < 1.29 is 0 Å². The summed E-state index contributed by atoms with van der Waals surface area (Å²) in [6.45, 7) is 8.16. The van der Waals surface area contributed by atoms with E-state index in [1.54, 1.807) is 0 Å². The standard InChI is InChI=1S/C24H24ClN5/c1-17-3-8-22(18(2)15-17)28-11-13-29(14-12-28)24-23-16-21(27-30(23)10-9-26-24)19-4-6-20(25)7-5-19/h3-10,15-16H,11-14H2,1-2H3. The fourth-order valence-electron chi connectivity index (χ4n) is 4.23. The first-order valence-corrected chi connectivity index (χ1v) is 10.6. The van der Waals surface area contributed by atoms with Gasteiger partial charge in [0.1, 0.15) is 5.52 Å². The highest BCUT2D eigenvalue weighted by Gasteiger charge is 2.22. The van der Waals surface area contributed by atoms with Gasteiger partial charge in [-0.25, -0.2) is 9.50 Å². The highest BCUT2D eigenvalue weighted by molar-refractivity contribution is 6.30. The van der Waals surface area contributed by atoms with Gasteiger partial charge in [-0.15, -0.1) is 0 Å². The van der Waals surface area contributed by atoms with Crippen LogP contribution in [-0.2, 0) is 0 Å². The second-order valence-corrected chi connectivity index (χ2v) is 8.32. The molecule has 0 radical (unpaired) electrons. The minimum absolute atomic E-state index is 0.728. The maximum Gasteiger partial charge on any atom is 0.154 e. The lowest BCUT2D eigenvalue weighted by atomic mass is 10.1. The van der Waals surface area contributed by atoms with Crippen molar-refractivity contribution in [1.29, 1.82) is 0 Å². The normalized spacial score (nSPS) is 14.5. The Kier molecular flexibility index (Phi) is 4.83. The Morgan fingerprint density at radius 2 is 1.60 bits per heavy atom. The molecule has 30 heavy (non-hydrogen) atoms. The number of fused-ring (bicyclic) bond motifs is 1. The van der Waals surface area contributed by atoms with Crippen molar-refractivity contribution in [2.24, 2.45) is 0 Å². The van der Waals surface area contributed by atoms with Crippen LogP contribution in [0.3, 0.4) is 0 Å². The molecule has 5 nitrogen and oxygen atoms in total. The highest BCUT2D eigenvalue weighted by Crippen LogP contribution is 2.28. The molecule has 1 aliphatic heterocycles. The molecule has 1 saturated heterocycles.